The van der Waals surface area contributed by atoms with E-state index in [0.717, 1.165) is 70.6 Å². The number of unbranched alkanes of at least 4 members (excludes halogenated alkanes) is 27. The summed E-state index contributed by atoms with van der Waals surface area (Å²) in [6.45, 7) is 6.57. The Labute approximate surface area is 334 Å². The van der Waals surface area contributed by atoms with Gasteiger partial charge in [0, 0.05) is 19.3 Å². The molecular weight excluding hydrogens is 673 g/mol. The average molecular weight is 761 g/mol. The van der Waals surface area contributed by atoms with Crippen LogP contribution in [-0.4, -0.2) is 37.2 Å². The summed E-state index contributed by atoms with van der Waals surface area (Å²) in [4.78, 5) is 37.7. The number of allylic oxidation sites excluding steroid dienone is 4. The molecule has 0 fully saturated rings. The Bertz CT molecular complexity index is 880. The molecule has 0 aliphatic carbocycles. The van der Waals surface area contributed by atoms with Gasteiger partial charge in [-0.2, -0.15) is 0 Å². The van der Waals surface area contributed by atoms with Crippen molar-refractivity contribution in [1.29, 1.82) is 0 Å². The first kappa shape index (κ1) is 51.9. The Hall–Kier alpha value is -2.11. The number of carbonyl (C=O) groups is 3. The summed E-state index contributed by atoms with van der Waals surface area (Å²) < 4.78 is 16.7. The zero-order valence-corrected chi connectivity index (χ0v) is 36.0. The van der Waals surface area contributed by atoms with Gasteiger partial charge in [-0.05, 0) is 64.2 Å². The van der Waals surface area contributed by atoms with Crippen molar-refractivity contribution in [3.05, 3.63) is 24.3 Å². The maximum Gasteiger partial charge on any atom is 0.306 e. The lowest BCUT2D eigenvalue weighted by atomic mass is 10.0. The fourth-order valence-corrected chi connectivity index (χ4v) is 6.59. The van der Waals surface area contributed by atoms with Gasteiger partial charge in [0.2, 0.25) is 0 Å². The van der Waals surface area contributed by atoms with E-state index in [4.69, 9.17) is 14.2 Å². The lowest BCUT2D eigenvalue weighted by molar-refractivity contribution is -0.167. The fourth-order valence-electron chi connectivity index (χ4n) is 6.59. The molecule has 0 aliphatic heterocycles. The standard InChI is InChI=1S/C48H88O6/c1-4-7-10-13-16-19-22-24-27-29-32-35-38-41-47(50)53-44-45(43-52-46(49)40-37-34-31-28-25-21-18-15-12-9-6-3)54-48(51)42-39-36-33-30-26-23-20-17-14-11-8-5-2/h15,18-19,22,45H,4-14,16-17,20-21,23-44H2,1-3H3/b18-15-,22-19-/t45-/m0/s1. The van der Waals surface area contributed by atoms with Gasteiger partial charge >= 0.3 is 17.9 Å². The average Bonchev–Trinajstić information content (AvgIpc) is 3.17. The van der Waals surface area contributed by atoms with E-state index in [0.29, 0.717) is 19.3 Å². The van der Waals surface area contributed by atoms with Gasteiger partial charge in [0.1, 0.15) is 13.2 Å². The van der Waals surface area contributed by atoms with E-state index in [1.165, 1.54) is 135 Å². The number of rotatable bonds is 42. The van der Waals surface area contributed by atoms with Gasteiger partial charge in [-0.1, -0.05) is 186 Å². The summed E-state index contributed by atoms with van der Waals surface area (Å²) in [5, 5.41) is 0. The Morgan fingerprint density at radius 3 is 1.00 bits per heavy atom. The molecule has 0 amide bonds. The van der Waals surface area contributed by atoms with E-state index < -0.39 is 6.10 Å². The van der Waals surface area contributed by atoms with Gasteiger partial charge in [-0.25, -0.2) is 0 Å². The van der Waals surface area contributed by atoms with Crippen molar-refractivity contribution >= 4 is 17.9 Å². The highest BCUT2D eigenvalue weighted by Crippen LogP contribution is 2.15. The highest BCUT2D eigenvalue weighted by molar-refractivity contribution is 5.71. The molecular formula is C48H88O6. The number of hydrogen-bond donors (Lipinski definition) is 0. The molecule has 54 heavy (non-hydrogen) atoms. The van der Waals surface area contributed by atoms with Gasteiger partial charge < -0.3 is 14.2 Å². The minimum atomic E-state index is -0.771. The smallest absolute Gasteiger partial charge is 0.306 e. The van der Waals surface area contributed by atoms with E-state index >= 15 is 0 Å². The van der Waals surface area contributed by atoms with Crippen molar-refractivity contribution in [2.24, 2.45) is 0 Å². The first-order valence-electron chi connectivity index (χ1n) is 23.3. The molecule has 0 heterocycles. The van der Waals surface area contributed by atoms with Gasteiger partial charge in [-0.15, -0.1) is 0 Å². The summed E-state index contributed by atoms with van der Waals surface area (Å²) in [6.07, 6.45) is 47.2. The zero-order chi connectivity index (χ0) is 39.4. The Morgan fingerprint density at radius 2 is 0.630 bits per heavy atom. The van der Waals surface area contributed by atoms with Crippen LogP contribution in [0, 0.1) is 0 Å². The summed E-state index contributed by atoms with van der Waals surface area (Å²) in [7, 11) is 0. The minimum Gasteiger partial charge on any atom is -0.462 e. The van der Waals surface area contributed by atoms with Crippen LogP contribution in [0.4, 0.5) is 0 Å². The van der Waals surface area contributed by atoms with Crippen LogP contribution in [0.25, 0.3) is 0 Å². The number of carbonyl (C=O) groups excluding carboxylic acids is 3. The SMILES string of the molecule is CCCC/C=C\CCCCCCCC(=O)OC[C@@H](COC(=O)CCCCCCC/C=C\CCCCCC)OC(=O)CCCCCCCCCCCCCC. The monoisotopic (exact) mass is 761 g/mol. The van der Waals surface area contributed by atoms with E-state index in [-0.39, 0.29) is 31.1 Å². The molecule has 6 heteroatoms. The Morgan fingerprint density at radius 1 is 0.352 bits per heavy atom. The number of esters is 3. The molecule has 0 radical (unpaired) electrons. The Kier molecular flexibility index (Phi) is 41.9. The Balaban J connectivity index is 4.37. The maximum absolute atomic E-state index is 12.7. The largest absolute Gasteiger partial charge is 0.462 e. The number of ether oxygens (including phenoxy) is 3. The number of hydrogen-bond acceptors (Lipinski definition) is 6. The van der Waals surface area contributed by atoms with Crippen LogP contribution in [-0.2, 0) is 28.6 Å². The molecule has 0 saturated carbocycles. The second kappa shape index (κ2) is 43.6. The fraction of sp³-hybridized carbons (Fsp3) is 0.854. The van der Waals surface area contributed by atoms with Crippen LogP contribution in [0.3, 0.4) is 0 Å². The lowest BCUT2D eigenvalue weighted by Crippen LogP contribution is -2.30. The first-order chi connectivity index (χ1) is 26.5. The molecule has 0 spiro atoms. The lowest BCUT2D eigenvalue weighted by Gasteiger charge is -2.18. The molecule has 0 aliphatic rings. The molecule has 0 rings (SSSR count). The summed E-state index contributed by atoms with van der Waals surface area (Å²) in [5.41, 5.74) is 0. The molecule has 0 aromatic carbocycles. The summed E-state index contributed by atoms with van der Waals surface area (Å²) in [6, 6.07) is 0. The molecule has 0 N–H and O–H groups in total. The van der Waals surface area contributed by atoms with Crippen LogP contribution >= 0.6 is 0 Å². The summed E-state index contributed by atoms with van der Waals surface area (Å²) in [5.74, 6) is -0.888. The third-order valence-electron chi connectivity index (χ3n) is 10.2. The van der Waals surface area contributed by atoms with Crippen LogP contribution in [0.5, 0.6) is 0 Å². The minimum absolute atomic E-state index is 0.0754. The van der Waals surface area contributed by atoms with Crippen molar-refractivity contribution in [3.8, 4) is 0 Å². The van der Waals surface area contributed by atoms with Crippen molar-refractivity contribution < 1.29 is 28.6 Å². The second-order valence-electron chi connectivity index (χ2n) is 15.7. The van der Waals surface area contributed by atoms with Crippen LogP contribution in [0.15, 0.2) is 24.3 Å². The molecule has 0 bridgehead atoms. The van der Waals surface area contributed by atoms with Crippen LogP contribution in [0.1, 0.15) is 245 Å². The van der Waals surface area contributed by atoms with Crippen molar-refractivity contribution in [2.45, 2.75) is 252 Å². The molecule has 6 nitrogen and oxygen atoms in total. The first-order valence-corrected chi connectivity index (χ1v) is 23.3. The molecule has 0 unspecified atom stereocenters. The highest BCUT2D eigenvalue weighted by atomic mass is 16.6. The highest BCUT2D eigenvalue weighted by Gasteiger charge is 2.19. The van der Waals surface area contributed by atoms with Gasteiger partial charge in [0.25, 0.3) is 0 Å². The molecule has 316 valence electrons. The van der Waals surface area contributed by atoms with E-state index in [2.05, 4.69) is 45.1 Å². The van der Waals surface area contributed by atoms with Crippen molar-refractivity contribution in [1.82, 2.24) is 0 Å². The molecule has 0 aromatic rings. The normalized spacial score (nSPS) is 12.1. The molecule has 0 aromatic heterocycles. The van der Waals surface area contributed by atoms with E-state index in [1.54, 1.807) is 0 Å². The van der Waals surface area contributed by atoms with Crippen molar-refractivity contribution in [3.63, 3.8) is 0 Å². The third kappa shape index (κ3) is 41.1. The quantitative estimate of drug-likeness (QED) is 0.0267. The van der Waals surface area contributed by atoms with Crippen LogP contribution in [0.2, 0.25) is 0 Å². The topological polar surface area (TPSA) is 78.9 Å². The molecule has 1 atom stereocenters. The maximum atomic E-state index is 12.7. The van der Waals surface area contributed by atoms with Gasteiger partial charge in [0.15, 0.2) is 6.10 Å². The molecule has 0 saturated heterocycles. The second-order valence-corrected chi connectivity index (χ2v) is 15.7. The van der Waals surface area contributed by atoms with Gasteiger partial charge in [-0.3, -0.25) is 14.4 Å². The van der Waals surface area contributed by atoms with E-state index in [1.807, 2.05) is 0 Å². The predicted octanol–water partition coefficient (Wildman–Crippen LogP) is 14.8. The summed E-state index contributed by atoms with van der Waals surface area (Å²) >= 11 is 0. The van der Waals surface area contributed by atoms with E-state index in [9.17, 15) is 14.4 Å². The van der Waals surface area contributed by atoms with Crippen LogP contribution < -0.4 is 0 Å². The third-order valence-corrected chi connectivity index (χ3v) is 10.2. The predicted molar refractivity (Wildman–Crippen MR) is 229 cm³/mol. The zero-order valence-electron chi connectivity index (χ0n) is 36.0. The van der Waals surface area contributed by atoms with Crippen molar-refractivity contribution in [2.75, 3.05) is 13.2 Å². The van der Waals surface area contributed by atoms with Gasteiger partial charge in [0.05, 0.1) is 0 Å².